The van der Waals surface area contributed by atoms with Crippen molar-refractivity contribution in [2.75, 3.05) is 5.32 Å². The van der Waals surface area contributed by atoms with Crippen LogP contribution in [0.3, 0.4) is 0 Å². The number of aromatic nitrogens is 3. The van der Waals surface area contributed by atoms with Gasteiger partial charge in [0.25, 0.3) is 0 Å². The van der Waals surface area contributed by atoms with E-state index in [1.807, 2.05) is 45.0 Å². The number of benzene rings is 1. The summed E-state index contributed by atoms with van der Waals surface area (Å²) in [5.74, 6) is -0.0903. The second kappa shape index (κ2) is 5.29. The highest BCUT2D eigenvalue weighted by molar-refractivity contribution is 7.18. The van der Waals surface area contributed by atoms with Gasteiger partial charge in [0.05, 0.1) is 20.9 Å². The topological polar surface area (TPSA) is 59.8 Å². The van der Waals surface area contributed by atoms with Crippen LogP contribution in [-0.4, -0.2) is 20.7 Å². The quantitative estimate of drug-likeness (QED) is 0.808. The van der Waals surface area contributed by atoms with Gasteiger partial charge in [0.15, 0.2) is 0 Å². The number of thiazole rings is 1. The number of carbonyl (C=O) groups excluding carboxylic acids is 1. The van der Waals surface area contributed by atoms with Crippen molar-refractivity contribution in [3.63, 3.8) is 0 Å². The molecular weight excluding hydrogens is 284 g/mol. The van der Waals surface area contributed by atoms with E-state index >= 15 is 0 Å². The van der Waals surface area contributed by atoms with Gasteiger partial charge in [-0.05, 0) is 45.0 Å². The smallest absolute Gasteiger partial charge is 0.246 e. The maximum atomic E-state index is 12.1. The van der Waals surface area contributed by atoms with Crippen molar-refractivity contribution in [2.45, 2.75) is 27.3 Å². The fourth-order valence-electron chi connectivity index (χ4n) is 2.29. The molecule has 0 aliphatic rings. The Balaban J connectivity index is 1.75. The zero-order chi connectivity index (χ0) is 15.0. The molecule has 2 heterocycles. The van der Waals surface area contributed by atoms with Crippen LogP contribution in [0.5, 0.6) is 0 Å². The summed E-state index contributed by atoms with van der Waals surface area (Å²) in [5.41, 5.74) is 3.58. The van der Waals surface area contributed by atoms with Crippen LogP contribution in [0.2, 0.25) is 0 Å². The number of anilines is 1. The number of hydrogen-bond acceptors (Lipinski definition) is 4. The van der Waals surface area contributed by atoms with Crippen LogP contribution < -0.4 is 5.32 Å². The predicted octanol–water partition coefficient (Wildman–Crippen LogP) is 3.06. The minimum absolute atomic E-state index is 0.0903. The number of nitrogens with one attached hydrogen (secondary N) is 1. The maximum Gasteiger partial charge on any atom is 0.246 e. The summed E-state index contributed by atoms with van der Waals surface area (Å²) in [6, 6.07) is 7.74. The third-order valence-electron chi connectivity index (χ3n) is 3.17. The lowest BCUT2D eigenvalue weighted by Crippen LogP contribution is -2.20. The van der Waals surface area contributed by atoms with Crippen LogP contribution in [0.1, 0.15) is 16.4 Å². The summed E-state index contributed by atoms with van der Waals surface area (Å²) < 4.78 is 2.83. The molecule has 0 unspecified atom stereocenters. The normalized spacial score (nSPS) is 11.0. The number of hydrogen-bond donors (Lipinski definition) is 1. The third-order valence-corrected chi connectivity index (χ3v) is 4.13. The Labute approximate surface area is 126 Å². The van der Waals surface area contributed by atoms with Gasteiger partial charge in [0, 0.05) is 11.4 Å². The molecule has 108 valence electrons. The molecule has 21 heavy (non-hydrogen) atoms. The summed E-state index contributed by atoms with van der Waals surface area (Å²) in [5, 5.41) is 8.21. The standard InChI is InChI=1S/C15H16N4OS/c1-9-6-10(2)19(18-9)8-15(20)17-12-4-5-14-13(7-12)16-11(3)21-14/h4-7H,8H2,1-3H3,(H,17,20). The number of fused-ring (bicyclic) bond motifs is 1. The molecule has 0 aliphatic carbocycles. The average molecular weight is 300 g/mol. The Bertz CT molecular complexity index is 818. The SMILES string of the molecule is Cc1cc(C)n(CC(=O)Nc2ccc3sc(C)nc3c2)n1. The summed E-state index contributed by atoms with van der Waals surface area (Å²) >= 11 is 1.65. The molecule has 1 amide bonds. The van der Waals surface area contributed by atoms with Crippen molar-refractivity contribution >= 4 is 33.1 Å². The van der Waals surface area contributed by atoms with Crippen LogP contribution in [-0.2, 0) is 11.3 Å². The Kier molecular flexibility index (Phi) is 3.47. The monoisotopic (exact) mass is 300 g/mol. The highest BCUT2D eigenvalue weighted by Crippen LogP contribution is 2.24. The molecule has 0 bridgehead atoms. The van der Waals surface area contributed by atoms with Gasteiger partial charge in [0.2, 0.25) is 5.91 Å². The summed E-state index contributed by atoms with van der Waals surface area (Å²) in [7, 11) is 0. The van der Waals surface area contributed by atoms with Crippen LogP contribution in [0.25, 0.3) is 10.2 Å². The lowest BCUT2D eigenvalue weighted by Gasteiger charge is -2.06. The molecule has 2 aromatic heterocycles. The Hall–Kier alpha value is -2.21. The van der Waals surface area contributed by atoms with E-state index in [1.165, 1.54) is 0 Å². The number of aryl methyl sites for hydroxylation is 3. The first-order valence-corrected chi connectivity index (χ1v) is 7.51. The van der Waals surface area contributed by atoms with E-state index in [0.29, 0.717) is 0 Å². The van der Waals surface area contributed by atoms with Crippen molar-refractivity contribution in [3.05, 3.63) is 40.7 Å². The van der Waals surface area contributed by atoms with Gasteiger partial charge in [-0.25, -0.2) is 4.98 Å². The molecule has 5 nitrogen and oxygen atoms in total. The largest absolute Gasteiger partial charge is 0.324 e. The van der Waals surface area contributed by atoms with Crippen LogP contribution >= 0.6 is 11.3 Å². The molecule has 0 atom stereocenters. The molecule has 1 N–H and O–H groups in total. The van der Waals surface area contributed by atoms with Crippen molar-refractivity contribution in [2.24, 2.45) is 0 Å². The Morgan fingerprint density at radius 2 is 2.10 bits per heavy atom. The van der Waals surface area contributed by atoms with Crippen LogP contribution in [0.4, 0.5) is 5.69 Å². The van der Waals surface area contributed by atoms with Gasteiger partial charge in [-0.3, -0.25) is 9.48 Å². The Morgan fingerprint density at radius 3 is 2.81 bits per heavy atom. The molecule has 0 saturated carbocycles. The first-order chi connectivity index (χ1) is 10.0. The van der Waals surface area contributed by atoms with E-state index in [1.54, 1.807) is 16.0 Å². The molecule has 3 aromatic rings. The Morgan fingerprint density at radius 1 is 1.29 bits per heavy atom. The zero-order valence-corrected chi connectivity index (χ0v) is 13.0. The molecule has 0 fully saturated rings. The minimum atomic E-state index is -0.0903. The number of rotatable bonds is 3. The van der Waals surface area contributed by atoms with E-state index in [-0.39, 0.29) is 12.5 Å². The average Bonchev–Trinajstić information content (AvgIpc) is 2.90. The second-order valence-electron chi connectivity index (χ2n) is 5.05. The van der Waals surface area contributed by atoms with Gasteiger partial charge in [-0.15, -0.1) is 11.3 Å². The van der Waals surface area contributed by atoms with E-state index < -0.39 is 0 Å². The van der Waals surface area contributed by atoms with Crippen LogP contribution in [0, 0.1) is 20.8 Å². The molecule has 6 heteroatoms. The number of amides is 1. The molecule has 3 rings (SSSR count). The van der Waals surface area contributed by atoms with E-state index in [4.69, 9.17) is 0 Å². The first-order valence-electron chi connectivity index (χ1n) is 6.69. The summed E-state index contributed by atoms with van der Waals surface area (Å²) in [6.45, 7) is 6.05. The maximum absolute atomic E-state index is 12.1. The van der Waals surface area contributed by atoms with E-state index in [2.05, 4.69) is 15.4 Å². The molecule has 0 radical (unpaired) electrons. The zero-order valence-electron chi connectivity index (χ0n) is 12.2. The van der Waals surface area contributed by atoms with Crippen molar-refractivity contribution in [1.29, 1.82) is 0 Å². The van der Waals surface area contributed by atoms with Gasteiger partial charge in [-0.2, -0.15) is 5.10 Å². The predicted molar refractivity (Wildman–Crippen MR) is 84.7 cm³/mol. The molecule has 0 spiro atoms. The highest BCUT2D eigenvalue weighted by atomic mass is 32.1. The van der Waals surface area contributed by atoms with E-state index in [0.717, 1.165) is 32.3 Å². The first kappa shape index (κ1) is 13.8. The second-order valence-corrected chi connectivity index (χ2v) is 6.28. The lowest BCUT2D eigenvalue weighted by molar-refractivity contribution is -0.116. The summed E-state index contributed by atoms with van der Waals surface area (Å²) in [4.78, 5) is 16.5. The molecule has 0 aliphatic heterocycles. The fraction of sp³-hybridized carbons (Fsp3) is 0.267. The lowest BCUT2D eigenvalue weighted by atomic mass is 10.3. The van der Waals surface area contributed by atoms with Crippen molar-refractivity contribution < 1.29 is 4.79 Å². The van der Waals surface area contributed by atoms with Crippen molar-refractivity contribution in [1.82, 2.24) is 14.8 Å². The van der Waals surface area contributed by atoms with Gasteiger partial charge < -0.3 is 5.32 Å². The van der Waals surface area contributed by atoms with Gasteiger partial charge in [-0.1, -0.05) is 0 Å². The highest BCUT2D eigenvalue weighted by Gasteiger charge is 2.08. The summed E-state index contributed by atoms with van der Waals surface area (Å²) in [6.07, 6.45) is 0. The molecule has 1 aromatic carbocycles. The molecule has 0 saturated heterocycles. The van der Waals surface area contributed by atoms with E-state index in [9.17, 15) is 4.79 Å². The van der Waals surface area contributed by atoms with Gasteiger partial charge in [0.1, 0.15) is 6.54 Å². The van der Waals surface area contributed by atoms with Crippen LogP contribution in [0.15, 0.2) is 24.3 Å². The fourth-order valence-corrected chi connectivity index (χ4v) is 3.10. The third kappa shape index (κ3) is 2.95. The van der Waals surface area contributed by atoms with Gasteiger partial charge >= 0.3 is 0 Å². The van der Waals surface area contributed by atoms with Crippen molar-refractivity contribution in [3.8, 4) is 0 Å². The molecular formula is C15H16N4OS. The number of carbonyl (C=O) groups is 1. The number of nitrogens with zero attached hydrogens (tertiary/aromatic N) is 3. The minimum Gasteiger partial charge on any atom is -0.324 e.